The summed E-state index contributed by atoms with van der Waals surface area (Å²) in [7, 11) is 1.89. The quantitative estimate of drug-likeness (QED) is 0.783. The minimum absolute atomic E-state index is 0.584. The molecule has 0 aliphatic rings. The van der Waals surface area contributed by atoms with Crippen molar-refractivity contribution >= 4 is 0 Å². The Bertz CT molecular complexity index is 433. The molecule has 0 saturated heterocycles. The molecule has 0 aliphatic carbocycles. The molecule has 0 aromatic carbocycles. The molecule has 1 N–H and O–H groups in total. The van der Waals surface area contributed by atoms with Gasteiger partial charge in [-0.1, -0.05) is 5.16 Å². The molecule has 0 unspecified atom stereocenters. The highest BCUT2D eigenvalue weighted by Gasteiger charge is 2.06. The van der Waals surface area contributed by atoms with E-state index in [-0.39, 0.29) is 0 Å². The minimum atomic E-state index is 0.584. The number of aromatic nitrogens is 4. The molecule has 80 valence electrons. The van der Waals surface area contributed by atoms with Crippen molar-refractivity contribution in [1.29, 1.82) is 0 Å². The summed E-state index contributed by atoms with van der Waals surface area (Å²) in [6.45, 7) is 3.09. The maximum absolute atomic E-state index is 4.90. The van der Waals surface area contributed by atoms with Crippen molar-refractivity contribution in [3.05, 3.63) is 29.9 Å². The van der Waals surface area contributed by atoms with Crippen LogP contribution in [0.1, 0.15) is 17.5 Å². The first-order valence-corrected chi connectivity index (χ1v) is 4.73. The second-order valence-electron chi connectivity index (χ2n) is 3.23. The predicted molar refractivity (Wildman–Crippen MR) is 53.1 cm³/mol. The monoisotopic (exact) mass is 207 g/mol. The first-order chi connectivity index (χ1) is 7.29. The van der Waals surface area contributed by atoms with Crippen molar-refractivity contribution in [3.8, 4) is 0 Å². The number of imidazole rings is 1. The topological polar surface area (TPSA) is 68.8 Å². The third kappa shape index (κ3) is 2.21. The molecule has 0 amide bonds. The highest BCUT2D eigenvalue weighted by Crippen LogP contribution is 2.02. The van der Waals surface area contributed by atoms with E-state index in [0.29, 0.717) is 18.3 Å². The largest absolute Gasteiger partial charge is 0.340 e. The Labute approximate surface area is 87.3 Å². The van der Waals surface area contributed by atoms with Crippen molar-refractivity contribution in [2.45, 2.75) is 20.0 Å². The zero-order chi connectivity index (χ0) is 10.7. The van der Waals surface area contributed by atoms with Gasteiger partial charge in [0.1, 0.15) is 5.82 Å². The molecule has 15 heavy (non-hydrogen) atoms. The van der Waals surface area contributed by atoms with Crippen LogP contribution in [0.3, 0.4) is 0 Å². The van der Waals surface area contributed by atoms with Gasteiger partial charge in [0.15, 0.2) is 5.82 Å². The number of aryl methyl sites for hydroxylation is 1. The molecule has 0 fully saturated rings. The smallest absolute Gasteiger partial charge is 0.223 e. The number of nitrogens with one attached hydrogen (secondary N) is 1. The molecule has 0 aliphatic heterocycles. The van der Waals surface area contributed by atoms with Gasteiger partial charge in [0.25, 0.3) is 0 Å². The van der Waals surface area contributed by atoms with Crippen LogP contribution < -0.4 is 5.32 Å². The fourth-order valence-electron chi connectivity index (χ4n) is 1.37. The Hall–Kier alpha value is -1.69. The van der Waals surface area contributed by atoms with Crippen LogP contribution in [0.25, 0.3) is 0 Å². The number of hydrogen-bond donors (Lipinski definition) is 1. The predicted octanol–water partition coefficient (Wildman–Crippen LogP) is 0.342. The molecular formula is C9H13N5O. The van der Waals surface area contributed by atoms with Crippen molar-refractivity contribution in [3.63, 3.8) is 0 Å². The lowest BCUT2D eigenvalue weighted by molar-refractivity contribution is 0.385. The van der Waals surface area contributed by atoms with E-state index in [1.807, 2.05) is 17.8 Å². The number of hydrogen-bond acceptors (Lipinski definition) is 5. The van der Waals surface area contributed by atoms with Gasteiger partial charge in [-0.2, -0.15) is 4.98 Å². The maximum Gasteiger partial charge on any atom is 0.223 e. The van der Waals surface area contributed by atoms with Crippen LogP contribution in [0.5, 0.6) is 0 Å². The molecule has 2 rings (SSSR count). The molecule has 0 spiro atoms. The number of nitrogens with zero attached hydrogens (tertiary/aromatic N) is 4. The molecule has 2 aromatic heterocycles. The molecule has 6 heteroatoms. The summed E-state index contributed by atoms with van der Waals surface area (Å²) >= 11 is 0. The average molecular weight is 207 g/mol. The molecule has 0 saturated carbocycles. The molecule has 0 bridgehead atoms. The summed E-state index contributed by atoms with van der Waals surface area (Å²) in [4.78, 5) is 8.36. The summed E-state index contributed by atoms with van der Waals surface area (Å²) in [6, 6.07) is 0. The van der Waals surface area contributed by atoms with Crippen LogP contribution in [0, 0.1) is 6.92 Å². The maximum atomic E-state index is 4.90. The molecule has 2 aromatic rings. The highest BCUT2D eigenvalue weighted by atomic mass is 16.5. The lowest BCUT2D eigenvalue weighted by atomic mass is 10.5. The normalized spacial score (nSPS) is 10.8. The van der Waals surface area contributed by atoms with Gasteiger partial charge < -0.3 is 14.4 Å². The lowest BCUT2D eigenvalue weighted by Gasteiger charge is -2.03. The molecule has 2 heterocycles. The standard InChI is InChI=1S/C9H13N5O/c1-7-12-8(13-15-7)6-14-4-3-11-9(14)5-10-2/h3-4,10H,5-6H2,1-2H3. The highest BCUT2D eigenvalue weighted by molar-refractivity contribution is 4.96. The van der Waals surface area contributed by atoms with Crippen LogP contribution in [0.2, 0.25) is 0 Å². The lowest BCUT2D eigenvalue weighted by Crippen LogP contribution is -2.13. The summed E-state index contributed by atoms with van der Waals surface area (Å²) in [6.07, 6.45) is 3.66. The zero-order valence-electron chi connectivity index (χ0n) is 8.77. The van der Waals surface area contributed by atoms with Gasteiger partial charge in [-0.05, 0) is 7.05 Å². The van der Waals surface area contributed by atoms with Gasteiger partial charge in [-0.25, -0.2) is 4.98 Å². The van der Waals surface area contributed by atoms with Gasteiger partial charge >= 0.3 is 0 Å². The summed E-state index contributed by atoms with van der Waals surface area (Å²) in [5.41, 5.74) is 0. The molecule has 0 atom stereocenters. The van der Waals surface area contributed by atoms with Crippen LogP contribution in [-0.4, -0.2) is 26.7 Å². The van der Waals surface area contributed by atoms with E-state index in [4.69, 9.17) is 4.52 Å². The van der Waals surface area contributed by atoms with E-state index in [2.05, 4.69) is 20.4 Å². The SMILES string of the molecule is CNCc1nccn1Cc1noc(C)n1. The third-order valence-corrected chi connectivity index (χ3v) is 2.02. The van der Waals surface area contributed by atoms with Gasteiger partial charge in [0.2, 0.25) is 5.89 Å². The van der Waals surface area contributed by atoms with E-state index >= 15 is 0 Å². The molecular weight excluding hydrogens is 194 g/mol. The van der Waals surface area contributed by atoms with Crippen molar-refractivity contribution in [1.82, 2.24) is 25.0 Å². The van der Waals surface area contributed by atoms with E-state index in [1.54, 1.807) is 13.1 Å². The summed E-state index contributed by atoms with van der Waals surface area (Å²) in [5.74, 6) is 2.21. The van der Waals surface area contributed by atoms with Crippen LogP contribution in [0.4, 0.5) is 0 Å². The summed E-state index contributed by atoms with van der Waals surface area (Å²) in [5, 5.41) is 6.89. The molecule has 6 nitrogen and oxygen atoms in total. The Morgan fingerprint density at radius 3 is 3.07 bits per heavy atom. The second-order valence-corrected chi connectivity index (χ2v) is 3.23. The third-order valence-electron chi connectivity index (χ3n) is 2.02. The zero-order valence-corrected chi connectivity index (χ0v) is 8.77. The Balaban J connectivity index is 2.13. The molecule has 0 radical (unpaired) electrons. The van der Waals surface area contributed by atoms with E-state index < -0.39 is 0 Å². The van der Waals surface area contributed by atoms with Gasteiger partial charge in [0, 0.05) is 19.3 Å². The first kappa shape index (κ1) is 9.85. The van der Waals surface area contributed by atoms with E-state index in [9.17, 15) is 0 Å². The van der Waals surface area contributed by atoms with E-state index in [1.165, 1.54) is 0 Å². The minimum Gasteiger partial charge on any atom is -0.340 e. The average Bonchev–Trinajstić information content (AvgIpc) is 2.78. The van der Waals surface area contributed by atoms with Gasteiger partial charge in [-0.15, -0.1) is 0 Å². The summed E-state index contributed by atoms with van der Waals surface area (Å²) < 4.78 is 6.89. The second kappa shape index (κ2) is 4.22. The van der Waals surface area contributed by atoms with Gasteiger partial charge in [0.05, 0.1) is 13.1 Å². The van der Waals surface area contributed by atoms with Crippen molar-refractivity contribution in [2.75, 3.05) is 7.05 Å². The Kier molecular flexibility index (Phi) is 2.77. The number of rotatable bonds is 4. The van der Waals surface area contributed by atoms with E-state index in [0.717, 1.165) is 12.4 Å². The van der Waals surface area contributed by atoms with Crippen LogP contribution >= 0.6 is 0 Å². The fourth-order valence-corrected chi connectivity index (χ4v) is 1.37. The Morgan fingerprint density at radius 1 is 1.53 bits per heavy atom. The first-order valence-electron chi connectivity index (χ1n) is 4.73. The van der Waals surface area contributed by atoms with Crippen LogP contribution in [-0.2, 0) is 13.1 Å². The Morgan fingerprint density at radius 2 is 2.40 bits per heavy atom. The van der Waals surface area contributed by atoms with Crippen molar-refractivity contribution < 1.29 is 4.52 Å². The van der Waals surface area contributed by atoms with Crippen molar-refractivity contribution in [2.24, 2.45) is 0 Å². The van der Waals surface area contributed by atoms with Crippen LogP contribution in [0.15, 0.2) is 16.9 Å². The fraction of sp³-hybridized carbons (Fsp3) is 0.444. The van der Waals surface area contributed by atoms with Gasteiger partial charge in [-0.3, -0.25) is 0 Å².